The Bertz CT molecular complexity index is 1220. The highest BCUT2D eigenvalue weighted by Gasteiger charge is 2.17. The number of carbonyl (C=O) groups is 1. The van der Waals surface area contributed by atoms with Crippen LogP contribution in [0.5, 0.6) is 0 Å². The molecule has 2 heterocycles. The summed E-state index contributed by atoms with van der Waals surface area (Å²) in [6.45, 7) is 1.64. The Morgan fingerprint density at radius 1 is 1.24 bits per heavy atom. The van der Waals surface area contributed by atoms with Crippen molar-refractivity contribution in [3.8, 4) is 0 Å². The van der Waals surface area contributed by atoms with Gasteiger partial charge >= 0.3 is 0 Å². The first-order valence-corrected chi connectivity index (χ1v) is 12.2. The zero-order valence-corrected chi connectivity index (χ0v) is 19.5. The molecule has 0 bridgehead atoms. The summed E-state index contributed by atoms with van der Waals surface area (Å²) in [5.74, 6) is 0.447. The lowest BCUT2D eigenvalue weighted by Crippen LogP contribution is -2.32. The van der Waals surface area contributed by atoms with E-state index >= 15 is 0 Å². The SMILES string of the molecule is O=C(CCCn1c(SCc2ccc([N+](=O)[O-])cc2)nc2ccccc2c1=O)NCC1CCCO1. The molecular weight excluding hydrogens is 456 g/mol. The van der Waals surface area contributed by atoms with E-state index < -0.39 is 4.92 Å². The van der Waals surface area contributed by atoms with Crippen LogP contribution in [-0.2, 0) is 21.8 Å². The number of amides is 1. The number of nitrogens with one attached hydrogen (secondary N) is 1. The summed E-state index contributed by atoms with van der Waals surface area (Å²) in [4.78, 5) is 40.5. The molecule has 1 fully saturated rings. The van der Waals surface area contributed by atoms with Crippen LogP contribution in [0.15, 0.2) is 58.5 Å². The standard InChI is InChI=1S/C24H26N4O5S/c29-22(25-15-19-5-4-14-33-19)8-3-13-27-23(30)20-6-1-2-7-21(20)26-24(27)34-16-17-9-11-18(12-10-17)28(31)32/h1-2,6-7,9-12,19H,3-5,8,13-16H2,(H,25,29). The molecule has 1 aromatic heterocycles. The lowest BCUT2D eigenvalue weighted by Gasteiger charge is -2.14. The van der Waals surface area contributed by atoms with Crippen LogP contribution < -0.4 is 10.9 Å². The molecule has 34 heavy (non-hydrogen) atoms. The summed E-state index contributed by atoms with van der Waals surface area (Å²) in [6.07, 6.45) is 2.89. The number of nitrogens with zero attached hydrogens (tertiary/aromatic N) is 3. The molecule has 0 radical (unpaired) electrons. The fraction of sp³-hybridized carbons (Fsp3) is 0.375. The van der Waals surface area contributed by atoms with Gasteiger partial charge in [-0.1, -0.05) is 36.0 Å². The Kier molecular flexibility index (Phi) is 7.91. The molecule has 1 aliphatic rings. The van der Waals surface area contributed by atoms with Crippen LogP contribution in [0.25, 0.3) is 10.9 Å². The Balaban J connectivity index is 1.44. The van der Waals surface area contributed by atoms with E-state index in [9.17, 15) is 19.7 Å². The third kappa shape index (κ3) is 6.00. The first-order valence-electron chi connectivity index (χ1n) is 11.3. The van der Waals surface area contributed by atoms with Crippen LogP contribution in [0.4, 0.5) is 5.69 Å². The van der Waals surface area contributed by atoms with Gasteiger partial charge in [0.25, 0.3) is 11.2 Å². The Labute approximate surface area is 200 Å². The third-order valence-corrected chi connectivity index (χ3v) is 6.73. The number of para-hydroxylation sites is 1. The van der Waals surface area contributed by atoms with Gasteiger partial charge in [-0.15, -0.1) is 0 Å². The maximum absolute atomic E-state index is 13.2. The lowest BCUT2D eigenvalue weighted by atomic mass is 10.2. The molecule has 1 atom stereocenters. The normalized spacial score (nSPS) is 15.5. The molecule has 0 saturated carbocycles. The van der Waals surface area contributed by atoms with Gasteiger partial charge in [-0.3, -0.25) is 24.3 Å². The van der Waals surface area contributed by atoms with Gasteiger partial charge in [0.1, 0.15) is 0 Å². The number of hydrogen-bond acceptors (Lipinski definition) is 7. The summed E-state index contributed by atoms with van der Waals surface area (Å²) >= 11 is 1.39. The average Bonchev–Trinajstić information content (AvgIpc) is 3.37. The number of hydrogen-bond donors (Lipinski definition) is 1. The lowest BCUT2D eigenvalue weighted by molar-refractivity contribution is -0.384. The zero-order chi connectivity index (χ0) is 23.9. The second-order valence-electron chi connectivity index (χ2n) is 8.12. The van der Waals surface area contributed by atoms with Crippen LogP contribution in [0.3, 0.4) is 0 Å². The number of rotatable bonds is 10. The van der Waals surface area contributed by atoms with Crippen molar-refractivity contribution in [2.24, 2.45) is 0 Å². The zero-order valence-electron chi connectivity index (χ0n) is 18.6. The van der Waals surface area contributed by atoms with E-state index in [-0.39, 0.29) is 23.3 Å². The molecule has 9 nitrogen and oxygen atoms in total. The van der Waals surface area contributed by atoms with Gasteiger partial charge in [-0.05, 0) is 37.0 Å². The second-order valence-corrected chi connectivity index (χ2v) is 9.07. The molecule has 0 spiro atoms. The monoisotopic (exact) mass is 482 g/mol. The van der Waals surface area contributed by atoms with Gasteiger partial charge in [0.15, 0.2) is 5.16 Å². The molecule has 178 valence electrons. The first kappa shape index (κ1) is 23.9. The third-order valence-electron chi connectivity index (χ3n) is 5.68. The van der Waals surface area contributed by atoms with Crippen molar-refractivity contribution in [3.63, 3.8) is 0 Å². The molecule has 3 aromatic rings. The molecular formula is C24H26N4O5S. The van der Waals surface area contributed by atoms with Crippen molar-refractivity contribution in [2.75, 3.05) is 13.2 Å². The number of nitro benzene ring substituents is 1. The van der Waals surface area contributed by atoms with Crippen LogP contribution in [-0.4, -0.2) is 39.6 Å². The summed E-state index contributed by atoms with van der Waals surface area (Å²) in [6, 6.07) is 13.5. The molecule has 1 unspecified atom stereocenters. The number of non-ortho nitro benzene ring substituents is 1. The molecule has 1 N–H and O–H groups in total. The van der Waals surface area contributed by atoms with Crippen molar-refractivity contribution in [1.29, 1.82) is 0 Å². The number of ether oxygens (including phenoxy) is 1. The largest absolute Gasteiger partial charge is 0.376 e. The number of thioether (sulfide) groups is 1. The summed E-state index contributed by atoms with van der Waals surface area (Å²) in [5.41, 5.74) is 1.39. The Morgan fingerprint density at radius 2 is 2.03 bits per heavy atom. The van der Waals surface area contributed by atoms with E-state index in [1.54, 1.807) is 34.9 Å². The molecule has 4 rings (SSSR count). The van der Waals surface area contributed by atoms with Gasteiger partial charge in [-0.2, -0.15) is 0 Å². The smallest absolute Gasteiger partial charge is 0.269 e. The Morgan fingerprint density at radius 3 is 2.76 bits per heavy atom. The number of aromatic nitrogens is 2. The van der Waals surface area contributed by atoms with E-state index in [2.05, 4.69) is 10.3 Å². The van der Waals surface area contributed by atoms with Crippen LogP contribution in [0, 0.1) is 10.1 Å². The fourth-order valence-corrected chi connectivity index (χ4v) is 4.82. The van der Waals surface area contributed by atoms with Crippen molar-refractivity contribution >= 4 is 34.3 Å². The van der Waals surface area contributed by atoms with Crippen molar-refractivity contribution in [3.05, 3.63) is 74.6 Å². The van der Waals surface area contributed by atoms with Gasteiger partial charge in [0.05, 0.1) is 21.9 Å². The van der Waals surface area contributed by atoms with E-state index in [1.807, 2.05) is 6.07 Å². The summed E-state index contributed by atoms with van der Waals surface area (Å²) < 4.78 is 7.14. The van der Waals surface area contributed by atoms with Gasteiger partial charge in [0.2, 0.25) is 5.91 Å². The Hall–Kier alpha value is -3.24. The van der Waals surface area contributed by atoms with E-state index in [0.717, 1.165) is 25.0 Å². The van der Waals surface area contributed by atoms with Crippen LogP contribution >= 0.6 is 11.8 Å². The molecule has 10 heteroatoms. The maximum Gasteiger partial charge on any atom is 0.269 e. The van der Waals surface area contributed by atoms with Crippen LogP contribution in [0.1, 0.15) is 31.2 Å². The second kappa shape index (κ2) is 11.3. The molecule has 0 aliphatic carbocycles. The summed E-state index contributed by atoms with van der Waals surface area (Å²) in [7, 11) is 0. The average molecular weight is 483 g/mol. The number of benzene rings is 2. The minimum absolute atomic E-state index is 0.0345. The van der Waals surface area contributed by atoms with E-state index in [4.69, 9.17) is 4.74 Å². The number of carbonyl (C=O) groups excluding carboxylic acids is 1. The highest BCUT2D eigenvalue weighted by atomic mass is 32.2. The fourth-order valence-electron chi connectivity index (χ4n) is 3.84. The predicted octanol–water partition coefficient (Wildman–Crippen LogP) is 3.67. The van der Waals surface area contributed by atoms with E-state index in [0.29, 0.717) is 47.7 Å². The van der Waals surface area contributed by atoms with Gasteiger partial charge < -0.3 is 10.1 Å². The minimum atomic E-state index is -0.434. The first-order chi connectivity index (χ1) is 16.5. The van der Waals surface area contributed by atoms with Crippen molar-refractivity contribution < 1.29 is 14.5 Å². The number of fused-ring (bicyclic) bond motifs is 1. The minimum Gasteiger partial charge on any atom is -0.376 e. The maximum atomic E-state index is 13.2. The molecule has 1 aliphatic heterocycles. The van der Waals surface area contributed by atoms with Crippen LogP contribution in [0.2, 0.25) is 0 Å². The summed E-state index contributed by atoms with van der Waals surface area (Å²) in [5, 5.41) is 14.9. The molecule has 1 amide bonds. The van der Waals surface area contributed by atoms with E-state index in [1.165, 1.54) is 23.9 Å². The topological polar surface area (TPSA) is 116 Å². The molecule has 2 aromatic carbocycles. The molecule has 1 saturated heterocycles. The highest BCUT2D eigenvalue weighted by molar-refractivity contribution is 7.98. The van der Waals surface area contributed by atoms with Gasteiger partial charge in [0, 0.05) is 44.0 Å². The number of nitro groups is 1. The van der Waals surface area contributed by atoms with Crippen molar-refractivity contribution in [1.82, 2.24) is 14.9 Å². The quantitative estimate of drug-likeness (QED) is 0.203. The predicted molar refractivity (Wildman–Crippen MR) is 130 cm³/mol. The van der Waals surface area contributed by atoms with Crippen molar-refractivity contribution in [2.45, 2.75) is 49.2 Å². The highest BCUT2D eigenvalue weighted by Crippen LogP contribution is 2.24. The van der Waals surface area contributed by atoms with Gasteiger partial charge in [-0.25, -0.2) is 4.98 Å².